The van der Waals surface area contributed by atoms with E-state index in [0.29, 0.717) is 18.9 Å². The molecule has 3 atom stereocenters. The minimum Gasteiger partial charge on any atom is -0.345 e. The molecule has 1 aromatic carbocycles. The van der Waals surface area contributed by atoms with Crippen LogP contribution in [0.3, 0.4) is 0 Å². The molecule has 2 amide bonds. The molecule has 0 spiro atoms. The molecule has 0 saturated carbocycles. The Morgan fingerprint density at radius 3 is 2.29 bits per heavy atom. The normalized spacial score (nSPS) is 32.5. The van der Waals surface area contributed by atoms with Gasteiger partial charge in [0.05, 0.1) is 5.92 Å². The Morgan fingerprint density at radius 2 is 1.75 bits per heavy atom. The number of rotatable bonds is 2. The summed E-state index contributed by atoms with van der Waals surface area (Å²) in [6, 6.07) is 7.34. The Kier molecular flexibility index (Phi) is 3.82. The number of halogens is 1. The van der Waals surface area contributed by atoms with Crippen molar-refractivity contribution in [3.63, 3.8) is 0 Å². The maximum absolute atomic E-state index is 13.1. The number of hydrogen-bond donors (Lipinski definition) is 0. The lowest BCUT2D eigenvalue weighted by Crippen LogP contribution is -2.48. The zero-order valence-electron chi connectivity index (χ0n) is 14.0. The van der Waals surface area contributed by atoms with Crippen LogP contribution in [0.25, 0.3) is 0 Å². The van der Waals surface area contributed by atoms with E-state index in [1.807, 2.05) is 12.1 Å². The van der Waals surface area contributed by atoms with Gasteiger partial charge in [-0.1, -0.05) is 12.1 Å². The van der Waals surface area contributed by atoms with Gasteiger partial charge >= 0.3 is 0 Å². The maximum Gasteiger partial charge on any atom is 0.228 e. The third-order valence-corrected chi connectivity index (χ3v) is 6.02. The van der Waals surface area contributed by atoms with Gasteiger partial charge in [0.1, 0.15) is 5.82 Å². The SMILES string of the molecule is CN1C[C@@H](C(=O)N2[C@@H]3CC[C@@H]2CC(c2ccc(F)cc2)C3)CC1=O. The number of carbonyl (C=O) groups is 2. The van der Waals surface area contributed by atoms with E-state index in [0.717, 1.165) is 25.7 Å². The van der Waals surface area contributed by atoms with Crippen molar-refractivity contribution in [2.24, 2.45) is 5.92 Å². The predicted molar refractivity (Wildman–Crippen MR) is 87.8 cm³/mol. The van der Waals surface area contributed by atoms with Gasteiger partial charge in [-0.25, -0.2) is 4.39 Å². The lowest BCUT2D eigenvalue weighted by Gasteiger charge is -2.40. The fourth-order valence-corrected chi connectivity index (χ4v) is 4.78. The van der Waals surface area contributed by atoms with Gasteiger partial charge in [-0.3, -0.25) is 9.59 Å². The largest absolute Gasteiger partial charge is 0.345 e. The van der Waals surface area contributed by atoms with E-state index >= 15 is 0 Å². The van der Waals surface area contributed by atoms with Crippen LogP contribution in [0.5, 0.6) is 0 Å². The van der Waals surface area contributed by atoms with Crippen LogP contribution in [0, 0.1) is 11.7 Å². The minimum atomic E-state index is -0.204. The first-order valence-corrected chi connectivity index (χ1v) is 8.84. The second kappa shape index (κ2) is 5.87. The van der Waals surface area contributed by atoms with E-state index in [2.05, 4.69) is 4.90 Å². The van der Waals surface area contributed by atoms with Gasteiger partial charge in [0.25, 0.3) is 0 Å². The number of piperidine rings is 1. The topological polar surface area (TPSA) is 40.6 Å². The zero-order chi connectivity index (χ0) is 16.8. The molecule has 0 aromatic heterocycles. The summed E-state index contributed by atoms with van der Waals surface area (Å²) in [5.74, 6) is 0.261. The molecule has 5 heteroatoms. The number of carbonyl (C=O) groups excluding carboxylic acids is 2. The molecule has 2 bridgehead atoms. The van der Waals surface area contributed by atoms with Gasteiger partial charge in [-0.15, -0.1) is 0 Å². The molecule has 24 heavy (non-hydrogen) atoms. The molecule has 0 radical (unpaired) electrons. The fourth-order valence-electron chi connectivity index (χ4n) is 4.78. The summed E-state index contributed by atoms with van der Waals surface area (Å²) in [6.07, 6.45) is 4.34. The third kappa shape index (κ3) is 2.60. The van der Waals surface area contributed by atoms with Gasteiger partial charge in [0.2, 0.25) is 11.8 Å². The lowest BCUT2D eigenvalue weighted by atomic mass is 9.84. The second-order valence-electron chi connectivity index (χ2n) is 7.53. The smallest absolute Gasteiger partial charge is 0.228 e. The average molecular weight is 330 g/mol. The molecule has 3 aliphatic heterocycles. The number of fused-ring (bicyclic) bond motifs is 2. The standard InChI is InChI=1S/C19H23FN2O2/c1-21-11-14(10-18(21)23)19(24)22-16-6-7-17(22)9-13(8-16)12-2-4-15(20)5-3-12/h2-5,13-14,16-17H,6-11H2,1H3/t14-,16+,17+/m0/s1. The molecule has 3 heterocycles. The van der Waals surface area contributed by atoms with Crippen molar-refractivity contribution in [2.75, 3.05) is 13.6 Å². The monoisotopic (exact) mass is 330 g/mol. The van der Waals surface area contributed by atoms with Crippen molar-refractivity contribution in [1.82, 2.24) is 9.80 Å². The van der Waals surface area contributed by atoms with E-state index < -0.39 is 0 Å². The maximum atomic E-state index is 13.1. The third-order valence-electron chi connectivity index (χ3n) is 6.02. The van der Waals surface area contributed by atoms with Crippen molar-refractivity contribution in [1.29, 1.82) is 0 Å². The Labute approximate surface area is 141 Å². The molecular weight excluding hydrogens is 307 g/mol. The summed E-state index contributed by atoms with van der Waals surface area (Å²) in [5.41, 5.74) is 1.18. The molecule has 0 N–H and O–H groups in total. The summed E-state index contributed by atoms with van der Waals surface area (Å²) in [7, 11) is 1.77. The number of benzene rings is 1. The molecule has 3 aliphatic rings. The van der Waals surface area contributed by atoms with Crippen LogP contribution < -0.4 is 0 Å². The Balaban J connectivity index is 1.48. The fraction of sp³-hybridized carbons (Fsp3) is 0.579. The lowest BCUT2D eigenvalue weighted by molar-refractivity contribution is -0.140. The molecule has 1 aromatic rings. The van der Waals surface area contributed by atoms with Crippen molar-refractivity contribution in [3.05, 3.63) is 35.6 Å². The van der Waals surface area contributed by atoms with Crippen LogP contribution >= 0.6 is 0 Å². The highest BCUT2D eigenvalue weighted by atomic mass is 19.1. The van der Waals surface area contributed by atoms with E-state index in [1.165, 1.54) is 17.7 Å². The summed E-state index contributed by atoms with van der Waals surface area (Å²) in [5, 5.41) is 0. The van der Waals surface area contributed by atoms with Gasteiger partial charge in [0.15, 0.2) is 0 Å². The molecule has 3 saturated heterocycles. The van der Waals surface area contributed by atoms with Crippen LogP contribution in [0.4, 0.5) is 4.39 Å². The Bertz CT molecular complexity index is 646. The molecule has 4 rings (SSSR count). The van der Waals surface area contributed by atoms with Crippen LogP contribution in [0.1, 0.15) is 43.6 Å². The highest BCUT2D eigenvalue weighted by Crippen LogP contribution is 2.44. The molecule has 128 valence electrons. The van der Waals surface area contributed by atoms with Gasteiger partial charge < -0.3 is 9.80 Å². The predicted octanol–water partition coefficient (Wildman–Crippen LogP) is 2.54. The quantitative estimate of drug-likeness (QED) is 0.836. The summed E-state index contributed by atoms with van der Waals surface area (Å²) >= 11 is 0. The van der Waals surface area contributed by atoms with Crippen LogP contribution in [-0.2, 0) is 9.59 Å². The highest BCUT2D eigenvalue weighted by molar-refractivity contribution is 5.89. The molecule has 3 fully saturated rings. The summed E-state index contributed by atoms with van der Waals surface area (Å²) in [6.45, 7) is 0.551. The van der Waals surface area contributed by atoms with E-state index in [1.54, 1.807) is 11.9 Å². The van der Waals surface area contributed by atoms with Gasteiger partial charge in [-0.2, -0.15) is 0 Å². The van der Waals surface area contributed by atoms with E-state index in [4.69, 9.17) is 0 Å². The van der Waals surface area contributed by atoms with E-state index in [9.17, 15) is 14.0 Å². The summed E-state index contributed by atoms with van der Waals surface area (Å²) < 4.78 is 13.1. The molecule has 0 aliphatic carbocycles. The van der Waals surface area contributed by atoms with Crippen LogP contribution in [0.15, 0.2) is 24.3 Å². The first-order valence-electron chi connectivity index (χ1n) is 8.84. The first-order chi connectivity index (χ1) is 11.5. The second-order valence-corrected chi connectivity index (χ2v) is 7.53. The van der Waals surface area contributed by atoms with Gasteiger partial charge in [-0.05, 0) is 49.3 Å². The van der Waals surface area contributed by atoms with Gasteiger partial charge in [0, 0.05) is 32.1 Å². The molecule has 0 unspecified atom stereocenters. The minimum absolute atomic E-state index is 0.0712. The first kappa shape index (κ1) is 15.6. The van der Waals surface area contributed by atoms with Crippen molar-refractivity contribution in [2.45, 2.75) is 50.1 Å². The van der Waals surface area contributed by atoms with Crippen molar-refractivity contribution < 1.29 is 14.0 Å². The van der Waals surface area contributed by atoms with Crippen molar-refractivity contribution in [3.8, 4) is 0 Å². The highest BCUT2D eigenvalue weighted by Gasteiger charge is 2.46. The number of likely N-dealkylation sites (tertiary alicyclic amines) is 1. The average Bonchev–Trinajstić information content (AvgIpc) is 3.04. The van der Waals surface area contributed by atoms with Crippen LogP contribution in [-0.4, -0.2) is 47.3 Å². The molecule has 4 nitrogen and oxygen atoms in total. The number of hydrogen-bond acceptors (Lipinski definition) is 2. The molecular formula is C19H23FN2O2. The number of nitrogens with zero attached hydrogens (tertiary/aromatic N) is 2. The summed E-state index contributed by atoms with van der Waals surface area (Å²) in [4.78, 5) is 28.4. The van der Waals surface area contributed by atoms with Crippen molar-refractivity contribution >= 4 is 11.8 Å². The zero-order valence-corrected chi connectivity index (χ0v) is 14.0. The number of amides is 2. The van der Waals surface area contributed by atoms with E-state index in [-0.39, 0.29) is 35.6 Å². The Morgan fingerprint density at radius 1 is 1.12 bits per heavy atom. The van der Waals surface area contributed by atoms with Crippen LogP contribution in [0.2, 0.25) is 0 Å². The Hall–Kier alpha value is -1.91.